The molecule has 0 aliphatic carbocycles. The molecule has 0 spiro atoms. The van der Waals surface area contributed by atoms with Crippen molar-refractivity contribution in [1.29, 1.82) is 0 Å². The summed E-state index contributed by atoms with van der Waals surface area (Å²) >= 11 is 0. The van der Waals surface area contributed by atoms with Crippen LogP contribution in [0, 0.1) is 0 Å². The molecule has 0 unspecified atom stereocenters. The lowest BCUT2D eigenvalue weighted by molar-refractivity contribution is 0.0600. The minimum absolute atomic E-state index is 0.357. The number of fused-ring (bicyclic) bond motifs is 1. The number of anilines is 2. The molecule has 3 aromatic carbocycles. The molecule has 2 aromatic heterocycles. The highest BCUT2D eigenvalue weighted by molar-refractivity contribution is 5.89. The van der Waals surface area contributed by atoms with Crippen molar-refractivity contribution in [2.75, 3.05) is 39.3 Å². The van der Waals surface area contributed by atoms with Gasteiger partial charge in [-0.1, -0.05) is 26.0 Å². The summed E-state index contributed by atoms with van der Waals surface area (Å²) in [4.78, 5) is 23.6. The molecular formula is C33H36N6O4. The van der Waals surface area contributed by atoms with Crippen LogP contribution in [0.3, 0.4) is 0 Å². The Bertz CT molecular complexity index is 1680. The Kier molecular flexibility index (Phi) is 9.17. The molecule has 10 heteroatoms. The SMILES string of the molecule is COC(=O)c1ccc(Cn2cc(-c3cnc4ccc(N(CCNC(C)C)c5cc(OC)cc(OC)c5)cc4n3)cn2)cc1. The number of methoxy groups -OCH3 is 3. The molecule has 0 radical (unpaired) electrons. The van der Waals surface area contributed by atoms with Crippen molar-refractivity contribution in [3.05, 3.63) is 90.4 Å². The maximum absolute atomic E-state index is 11.7. The van der Waals surface area contributed by atoms with Crippen molar-refractivity contribution in [3.63, 3.8) is 0 Å². The number of ether oxygens (including phenoxy) is 3. The van der Waals surface area contributed by atoms with Crippen molar-refractivity contribution in [2.45, 2.75) is 26.4 Å². The van der Waals surface area contributed by atoms with Gasteiger partial charge in [-0.3, -0.25) is 9.67 Å². The molecule has 0 atom stereocenters. The highest BCUT2D eigenvalue weighted by Gasteiger charge is 2.15. The standard InChI is InChI=1S/C33H36N6O4/c1-22(2)34-12-13-39(27-14-28(41-3)17-29(15-27)42-4)26-10-11-30-31(16-26)37-32(19-35-30)25-18-36-38(21-25)20-23-6-8-24(9-7-23)33(40)43-5/h6-11,14-19,21-22,34H,12-13,20H2,1-5H3. The Morgan fingerprint density at radius 3 is 2.33 bits per heavy atom. The Morgan fingerprint density at radius 2 is 1.65 bits per heavy atom. The van der Waals surface area contributed by atoms with E-state index in [2.05, 4.69) is 46.3 Å². The van der Waals surface area contributed by atoms with Gasteiger partial charge in [-0.05, 0) is 35.9 Å². The zero-order chi connectivity index (χ0) is 30.3. The van der Waals surface area contributed by atoms with Gasteiger partial charge in [0.25, 0.3) is 0 Å². The van der Waals surface area contributed by atoms with E-state index < -0.39 is 0 Å². The molecule has 0 fully saturated rings. The van der Waals surface area contributed by atoms with Crippen LogP contribution in [0.2, 0.25) is 0 Å². The summed E-state index contributed by atoms with van der Waals surface area (Å²) in [5.74, 6) is 1.08. The average molecular weight is 581 g/mol. The van der Waals surface area contributed by atoms with Gasteiger partial charge in [0.05, 0.1) is 62.6 Å². The predicted molar refractivity (Wildman–Crippen MR) is 167 cm³/mol. The summed E-state index contributed by atoms with van der Waals surface area (Å²) in [6.45, 7) is 6.33. The van der Waals surface area contributed by atoms with Crippen LogP contribution in [0.25, 0.3) is 22.3 Å². The molecule has 0 saturated heterocycles. The fourth-order valence-electron chi connectivity index (χ4n) is 4.76. The Morgan fingerprint density at radius 1 is 0.907 bits per heavy atom. The minimum atomic E-state index is -0.357. The monoisotopic (exact) mass is 580 g/mol. The smallest absolute Gasteiger partial charge is 0.337 e. The number of aromatic nitrogens is 4. The molecule has 5 rings (SSSR count). The second-order valence-electron chi connectivity index (χ2n) is 10.4. The van der Waals surface area contributed by atoms with Gasteiger partial charge in [0.2, 0.25) is 0 Å². The Labute approximate surface area is 251 Å². The first kappa shape index (κ1) is 29.5. The third kappa shape index (κ3) is 7.10. The number of esters is 1. The number of hydrogen-bond donors (Lipinski definition) is 1. The van der Waals surface area contributed by atoms with Gasteiger partial charge in [-0.15, -0.1) is 0 Å². The molecule has 0 bridgehead atoms. The van der Waals surface area contributed by atoms with E-state index in [1.54, 1.807) is 38.7 Å². The van der Waals surface area contributed by atoms with E-state index in [9.17, 15) is 4.79 Å². The van der Waals surface area contributed by atoms with Crippen molar-refractivity contribution < 1.29 is 19.0 Å². The number of carbonyl (C=O) groups excluding carboxylic acids is 1. The molecule has 2 heterocycles. The van der Waals surface area contributed by atoms with Crippen LogP contribution in [0.5, 0.6) is 11.5 Å². The molecular weight excluding hydrogens is 544 g/mol. The van der Waals surface area contributed by atoms with Crippen molar-refractivity contribution >= 4 is 28.4 Å². The van der Waals surface area contributed by atoms with Crippen LogP contribution in [-0.4, -0.2) is 66.2 Å². The second-order valence-corrected chi connectivity index (χ2v) is 10.4. The van der Waals surface area contributed by atoms with Gasteiger partial charge in [0.15, 0.2) is 0 Å². The second kappa shape index (κ2) is 13.3. The molecule has 43 heavy (non-hydrogen) atoms. The lowest BCUT2D eigenvalue weighted by Crippen LogP contribution is -2.32. The van der Waals surface area contributed by atoms with Gasteiger partial charge in [-0.2, -0.15) is 5.10 Å². The first-order valence-electron chi connectivity index (χ1n) is 14.1. The molecule has 1 N–H and O–H groups in total. The third-order valence-corrected chi connectivity index (χ3v) is 7.02. The molecule has 222 valence electrons. The van der Waals surface area contributed by atoms with Crippen LogP contribution in [-0.2, 0) is 11.3 Å². The third-order valence-electron chi connectivity index (χ3n) is 7.02. The molecule has 5 aromatic rings. The number of nitrogens with one attached hydrogen (secondary N) is 1. The molecule has 0 aliphatic rings. The van der Waals surface area contributed by atoms with Crippen LogP contribution >= 0.6 is 0 Å². The zero-order valence-corrected chi connectivity index (χ0v) is 25.1. The van der Waals surface area contributed by atoms with E-state index in [1.807, 2.05) is 47.3 Å². The van der Waals surface area contributed by atoms with E-state index in [1.165, 1.54) is 7.11 Å². The summed E-state index contributed by atoms with van der Waals surface area (Å²) in [5.41, 5.74) is 6.62. The first-order valence-corrected chi connectivity index (χ1v) is 14.1. The van der Waals surface area contributed by atoms with Crippen molar-refractivity contribution in [3.8, 4) is 22.8 Å². The van der Waals surface area contributed by atoms with Crippen LogP contribution in [0.15, 0.2) is 79.3 Å². The maximum atomic E-state index is 11.7. The van der Waals surface area contributed by atoms with Crippen LogP contribution in [0.4, 0.5) is 11.4 Å². The van der Waals surface area contributed by atoms with E-state index in [0.29, 0.717) is 18.2 Å². The van der Waals surface area contributed by atoms with Crippen LogP contribution in [0.1, 0.15) is 29.8 Å². The average Bonchev–Trinajstić information content (AvgIpc) is 3.50. The minimum Gasteiger partial charge on any atom is -0.497 e. The zero-order valence-electron chi connectivity index (χ0n) is 25.1. The Balaban J connectivity index is 1.42. The molecule has 10 nitrogen and oxygen atoms in total. The van der Waals surface area contributed by atoms with E-state index in [4.69, 9.17) is 19.2 Å². The van der Waals surface area contributed by atoms with Gasteiger partial charge >= 0.3 is 5.97 Å². The predicted octanol–water partition coefficient (Wildman–Crippen LogP) is 5.48. The van der Waals surface area contributed by atoms with Crippen LogP contribution < -0.4 is 19.7 Å². The summed E-state index contributed by atoms with van der Waals surface area (Å²) in [5, 5.41) is 8.03. The van der Waals surface area contributed by atoms with Gasteiger partial charge in [-0.25, -0.2) is 9.78 Å². The van der Waals surface area contributed by atoms with E-state index in [0.717, 1.165) is 63.8 Å². The molecule has 0 saturated carbocycles. The normalized spacial score (nSPS) is 11.1. The fourth-order valence-corrected chi connectivity index (χ4v) is 4.76. The number of hydrogen-bond acceptors (Lipinski definition) is 9. The summed E-state index contributed by atoms with van der Waals surface area (Å²) in [6, 6.07) is 19.6. The highest BCUT2D eigenvalue weighted by atomic mass is 16.5. The highest BCUT2D eigenvalue weighted by Crippen LogP contribution is 2.34. The van der Waals surface area contributed by atoms with Crippen molar-refractivity contribution in [1.82, 2.24) is 25.1 Å². The summed E-state index contributed by atoms with van der Waals surface area (Å²) < 4.78 is 17.7. The first-order chi connectivity index (χ1) is 20.9. The topological polar surface area (TPSA) is 104 Å². The van der Waals surface area contributed by atoms with Gasteiger partial charge in [0.1, 0.15) is 11.5 Å². The number of benzene rings is 3. The number of carbonyl (C=O) groups is 1. The summed E-state index contributed by atoms with van der Waals surface area (Å²) in [6.07, 6.45) is 5.50. The van der Waals surface area contributed by atoms with Gasteiger partial charge < -0.3 is 24.4 Å². The number of nitrogens with zero attached hydrogens (tertiary/aromatic N) is 5. The van der Waals surface area contributed by atoms with E-state index in [-0.39, 0.29) is 5.97 Å². The molecule has 0 aliphatic heterocycles. The summed E-state index contributed by atoms with van der Waals surface area (Å²) in [7, 11) is 4.68. The van der Waals surface area contributed by atoms with E-state index >= 15 is 0 Å². The van der Waals surface area contributed by atoms with Gasteiger partial charge in [0, 0.05) is 60.5 Å². The largest absolute Gasteiger partial charge is 0.497 e. The lowest BCUT2D eigenvalue weighted by Gasteiger charge is -2.27. The quantitative estimate of drug-likeness (QED) is 0.192. The Hall–Kier alpha value is -4.96. The molecule has 0 amide bonds. The van der Waals surface area contributed by atoms with Crippen molar-refractivity contribution in [2.24, 2.45) is 0 Å². The lowest BCUT2D eigenvalue weighted by atomic mass is 10.1. The number of rotatable bonds is 12. The maximum Gasteiger partial charge on any atom is 0.337 e. The fraction of sp³-hybridized carbons (Fsp3) is 0.273.